The van der Waals surface area contributed by atoms with Crippen molar-refractivity contribution in [2.24, 2.45) is 5.92 Å². The minimum absolute atomic E-state index is 0.0271. The van der Waals surface area contributed by atoms with Gasteiger partial charge in [0, 0.05) is 37.3 Å². The van der Waals surface area contributed by atoms with Gasteiger partial charge < -0.3 is 14.9 Å². The fourth-order valence-corrected chi connectivity index (χ4v) is 5.64. The second-order valence-electron chi connectivity index (χ2n) is 9.19. The first kappa shape index (κ1) is 22.6. The summed E-state index contributed by atoms with van der Waals surface area (Å²) in [5.41, 5.74) is 2.69. The van der Waals surface area contributed by atoms with Gasteiger partial charge >= 0.3 is 0 Å². The number of hydrogen-bond donors (Lipinski definition) is 1. The van der Waals surface area contributed by atoms with Gasteiger partial charge in [-0.25, -0.2) is 0 Å². The number of rotatable bonds is 6. The summed E-state index contributed by atoms with van der Waals surface area (Å²) in [6.45, 7) is 6.86. The molecule has 2 fully saturated rings. The monoisotopic (exact) mass is 432 g/mol. The molecule has 0 spiro atoms. The van der Waals surface area contributed by atoms with E-state index >= 15 is 0 Å². The molecule has 1 amide bonds. The molecule has 1 heterocycles. The number of carbonyl (C=O) groups excluding carboxylic acids is 1. The van der Waals surface area contributed by atoms with Crippen molar-refractivity contribution in [3.8, 4) is 0 Å². The fourth-order valence-electron chi connectivity index (χ4n) is 5.64. The lowest BCUT2D eigenvalue weighted by Gasteiger charge is -2.52. The van der Waals surface area contributed by atoms with Gasteiger partial charge in [-0.15, -0.1) is 0 Å². The third-order valence-corrected chi connectivity index (χ3v) is 7.43. The molecule has 1 N–H and O–H groups in total. The fraction of sp³-hybridized carbons (Fsp3) is 0.464. The molecule has 0 unspecified atom stereocenters. The molecule has 4 heteroatoms. The molecular formula is C28H36N2O2. The number of fused-ring (bicyclic) bond motifs is 1. The van der Waals surface area contributed by atoms with Crippen LogP contribution in [0.3, 0.4) is 0 Å². The van der Waals surface area contributed by atoms with E-state index < -0.39 is 5.60 Å². The van der Waals surface area contributed by atoms with Gasteiger partial charge in [0.05, 0.1) is 11.6 Å². The van der Waals surface area contributed by atoms with E-state index in [2.05, 4.69) is 43.0 Å². The van der Waals surface area contributed by atoms with Crippen molar-refractivity contribution in [1.82, 2.24) is 4.90 Å². The summed E-state index contributed by atoms with van der Waals surface area (Å²) in [7, 11) is 0. The molecule has 2 aromatic carbocycles. The molecule has 170 valence electrons. The van der Waals surface area contributed by atoms with Crippen molar-refractivity contribution in [3.63, 3.8) is 0 Å². The molecule has 1 saturated carbocycles. The molecule has 3 atom stereocenters. The second-order valence-corrected chi connectivity index (χ2v) is 9.19. The highest BCUT2D eigenvalue weighted by molar-refractivity contribution is 5.92. The molecule has 0 radical (unpaired) electrons. The first-order chi connectivity index (χ1) is 15.6. The number of hydrogen-bond acceptors (Lipinski definition) is 3. The van der Waals surface area contributed by atoms with Crippen molar-refractivity contribution in [3.05, 3.63) is 71.8 Å². The van der Waals surface area contributed by atoms with Crippen molar-refractivity contribution in [2.45, 2.75) is 57.6 Å². The van der Waals surface area contributed by atoms with E-state index in [4.69, 9.17) is 0 Å². The molecular weight excluding hydrogens is 396 g/mol. The maximum atomic E-state index is 13.4. The lowest BCUT2D eigenvalue weighted by molar-refractivity contribution is -0.150. The standard InChI is InChI=1S/C28H36N2O2/c1-3-29(4-2)24-16-14-23(15-17-24)27-25-12-8-9-19-28(25,32)20-21-30(27)26(31)18-13-22-10-6-5-7-11-22/h5-7,10-11,13-18,25,27,32H,3-4,8-9,12,19-21H2,1-2H3/b18-13+/t25-,27+,28+/m1/s1. The Balaban J connectivity index is 1.64. The summed E-state index contributed by atoms with van der Waals surface area (Å²) < 4.78 is 0. The van der Waals surface area contributed by atoms with E-state index in [0.29, 0.717) is 13.0 Å². The maximum absolute atomic E-state index is 13.4. The van der Waals surface area contributed by atoms with Gasteiger partial charge in [0.15, 0.2) is 0 Å². The first-order valence-corrected chi connectivity index (χ1v) is 12.2. The van der Waals surface area contributed by atoms with Crippen LogP contribution in [0.25, 0.3) is 6.08 Å². The summed E-state index contributed by atoms with van der Waals surface area (Å²) in [4.78, 5) is 17.7. The quantitative estimate of drug-likeness (QED) is 0.618. The molecule has 4 nitrogen and oxygen atoms in total. The minimum atomic E-state index is -0.666. The van der Waals surface area contributed by atoms with Crippen LogP contribution in [0.15, 0.2) is 60.7 Å². The zero-order valence-electron chi connectivity index (χ0n) is 19.4. The Kier molecular flexibility index (Phi) is 7.00. The van der Waals surface area contributed by atoms with E-state index in [1.807, 2.05) is 41.3 Å². The number of aliphatic hydroxyl groups is 1. The highest BCUT2D eigenvalue weighted by Crippen LogP contribution is 2.49. The Labute approximate surface area is 192 Å². The van der Waals surface area contributed by atoms with E-state index in [1.54, 1.807) is 6.08 Å². The second kappa shape index (κ2) is 9.91. The Hall–Kier alpha value is -2.59. The third kappa shape index (κ3) is 4.61. The van der Waals surface area contributed by atoms with Crippen LogP contribution >= 0.6 is 0 Å². The lowest BCUT2D eigenvalue weighted by Crippen LogP contribution is -2.56. The largest absolute Gasteiger partial charge is 0.389 e. The third-order valence-electron chi connectivity index (χ3n) is 7.43. The number of likely N-dealkylation sites (tertiary alicyclic amines) is 1. The number of amides is 1. The van der Waals surface area contributed by atoms with Crippen LogP contribution in [0.1, 0.15) is 63.1 Å². The molecule has 1 aliphatic carbocycles. The smallest absolute Gasteiger partial charge is 0.247 e. The highest BCUT2D eigenvalue weighted by atomic mass is 16.3. The lowest BCUT2D eigenvalue weighted by atomic mass is 9.66. The van der Waals surface area contributed by atoms with Gasteiger partial charge in [-0.3, -0.25) is 4.79 Å². The van der Waals surface area contributed by atoms with E-state index in [9.17, 15) is 9.90 Å². The molecule has 4 rings (SSSR count). The van der Waals surface area contributed by atoms with Gasteiger partial charge in [0.1, 0.15) is 0 Å². The number of carbonyl (C=O) groups is 1. The average Bonchev–Trinajstić information content (AvgIpc) is 2.83. The summed E-state index contributed by atoms with van der Waals surface area (Å²) >= 11 is 0. The highest BCUT2D eigenvalue weighted by Gasteiger charge is 2.49. The first-order valence-electron chi connectivity index (χ1n) is 12.2. The zero-order chi connectivity index (χ0) is 22.6. The van der Waals surface area contributed by atoms with Crippen LogP contribution in [-0.2, 0) is 4.79 Å². The van der Waals surface area contributed by atoms with E-state index in [-0.39, 0.29) is 17.9 Å². The molecule has 0 aromatic heterocycles. The number of nitrogens with zero attached hydrogens (tertiary/aromatic N) is 2. The van der Waals surface area contributed by atoms with Crippen LogP contribution in [0.5, 0.6) is 0 Å². The van der Waals surface area contributed by atoms with Crippen molar-refractivity contribution >= 4 is 17.7 Å². The SMILES string of the molecule is CCN(CC)c1ccc([C@H]2[C@H]3CCCC[C@]3(O)CCN2C(=O)/C=C/c2ccccc2)cc1. The van der Waals surface area contributed by atoms with E-state index in [1.165, 1.54) is 5.69 Å². The van der Waals surface area contributed by atoms with Crippen LogP contribution < -0.4 is 4.90 Å². The van der Waals surface area contributed by atoms with Gasteiger partial charge in [0.25, 0.3) is 0 Å². The van der Waals surface area contributed by atoms with Crippen molar-refractivity contribution in [1.29, 1.82) is 0 Å². The Morgan fingerprint density at radius 3 is 2.47 bits per heavy atom. The van der Waals surface area contributed by atoms with Crippen LogP contribution in [0.4, 0.5) is 5.69 Å². The van der Waals surface area contributed by atoms with Gasteiger partial charge in [-0.2, -0.15) is 0 Å². The van der Waals surface area contributed by atoms with Crippen molar-refractivity contribution in [2.75, 3.05) is 24.5 Å². The predicted octanol–water partition coefficient (Wildman–Crippen LogP) is 5.44. The molecule has 32 heavy (non-hydrogen) atoms. The topological polar surface area (TPSA) is 43.8 Å². The van der Waals surface area contributed by atoms with Crippen molar-refractivity contribution < 1.29 is 9.90 Å². The van der Waals surface area contributed by atoms with Gasteiger partial charge in [0.2, 0.25) is 5.91 Å². The summed E-state index contributed by atoms with van der Waals surface area (Å²) in [6, 6.07) is 18.5. The van der Waals surface area contributed by atoms with Gasteiger partial charge in [-0.1, -0.05) is 55.3 Å². The average molecular weight is 433 g/mol. The molecule has 1 aliphatic heterocycles. The minimum Gasteiger partial charge on any atom is -0.389 e. The normalized spacial score (nSPS) is 25.5. The Morgan fingerprint density at radius 1 is 1.06 bits per heavy atom. The maximum Gasteiger partial charge on any atom is 0.247 e. The zero-order valence-corrected chi connectivity index (χ0v) is 19.4. The summed E-state index contributed by atoms with van der Waals surface area (Å²) in [5, 5.41) is 11.5. The molecule has 0 bridgehead atoms. The molecule has 2 aliphatic rings. The molecule has 2 aromatic rings. The Morgan fingerprint density at radius 2 is 1.78 bits per heavy atom. The van der Waals surface area contributed by atoms with Gasteiger partial charge in [-0.05, 0) is 62.4 Å². The number of piperidine rings is 1. The Bertz CT molecular complexity index is 920. The summed E-state index contributed by atoms with van der Waals surface area (Å²) in [5.74, 6) is 0.109. The number of benzene rings is 2. The van der Waals surface area contributed by atoms with E-state index in [0.717, 1.165) is 49.9 Å². The van der Waals surface area contributed by atoms with Crippen LogP contribution in [0, 0.1) is 5.92 Å². The number of anilines is 1. The molecule has 1 saturated heterocycles. The van der Waals surface area contributed by atoms with Crippen LogP contribution in [0.2, 0.25) is 0 Å². The predicted molar refractivity (Wildman–Crippen MR) is 131 cm³/mol. The van der Waals surface area contributed by atoms with Crippen LogP contribution in [-0.4, -0.2) is 41.1 Å². The summed E-state index contributed by atoms with van der Waals surface area (Å²) in [6.07, 6.45) is 8.24.